The molecular weight excluding hydrogens is 453 g/mol. The lowest BCUT2D eigenvalue weighted by Crippen LogP contribution is -2.47. The average Bonchev–Trinajstić information content (AvgIpc) is 2.94. The lowest BCUT2D eigenvalue weighted by atomic mass is 9.67. The summed E-state index contributed by atoms with van der Waals surface area (Å²) < 4.78 is 7.53. The molecule has 0 saturated heterocycles. The summed E-state index contributed by atoms with van der Waals surface area (Å²) >= 11 is 0. The number of halogens is 1. The third kappa shape index (κ3) is 5.34. The number of rotatable bonds is 8. The number of hydrogen-bond acceptors (Lipinski definition) is 3. The Labute approximate surface area is 179 Å². The van der Waals surface area contributed by atoms with Gasteiger partial charge in [0.15, 0.2) is 5.96 Å². The predicted octanol–water partition coefficient (Wildman–Crippen LogP) is 3.33. The van der Waals surface area contributed by atoms with E-state index in [1.54, 1.807) is 7.11 Å². The standard InChI is InChI=1S/C20H31N5O.HI/c1-16-24-17-7-4-5-8-18(17)25(16)13-12-22-19(21-2)23-15-20(9-6-10-20)11-14-26-3;/h4-5,7-8H,6,9-15H2,1-3H3,(H2,21,22,23);1H. The van der Waals surface area contributed by atoms with Gasteiger partial charge in [0.25, 0.3) is 0 Å². The molecule has 0 radical (unpaired) electrons. The fourth-order valence-corrected chi connectivity index (χ4v) is 3.77. The van der Waals surface area contributed by atoms with E-state index in [1.807, 2.05) is 13.1 Å². The minimum atomic E-state index is 0. The summed E-state index contributed by atoms with van der Waals surface area (Å²) in [6, 6.07) is 8.28. The third-order valence-electron chi connectivity index (χ3n) is 5.58. The highest BCUT2D eigenvalue weighted by molar-refractivity contribution is 14.0. The van der Waals surface area contributed by atoms with Gasteiger partial charge < -0.3 is 19.9 Å². The summed E-state index contributed by atoms with van der Waals surface area (Å²) in [6.07, 6.45) is 5.00. The predicted molar refractivity (Wildman–Crippen MR) is 122 cm³/mol. The summed E-state index contributed by atoms with van der Waals surface area (Å²) in [4.78, 5) is 9.00. The van der Waals surface area contributed by atoms with Crippen molar-refractivity contribution in [3.05, 3.63) is 30.1 Å². The fourth-order valence-electron chi connectivity index (χ4n) is 3.77. The Hall–Kier alpha value is -1.35. The molecule has 3 rings (SSSR count). The fraction of sp³-hybridized carbons (Fsp3) is 0.600. The molecule has 1 heterocycles. The molecule has 7 heteroatoms. The number of hydrogen-bond donors (Lipinski definition) is 2. The van der Waals surface area contributed by atoms with Crippen molar-refractivity contribution in [1.29, 1.82) is 0 Å². The molecule has 1 aliphatic rings. The maximum atomic E-state index is 5.28. The highest BCUT2D eigenvalue weighted by Crippen LogP contribution is 2.43. The van der Waals surface area contributed by atoms with Crippen molar-refractivity contribution in [1.82, 2.24) is 20.2 Å². The molecule has 0 unspecified atom stereocenters. The van der Waals surface area contributed by atoms with E-state index in [0.717, 1.165) is 50.0 Å². The maximum absolute atomic E-state index is 5.28. The molecular formula is C20H32IN5O. The molecule has 0 aliphatic heterocycles. The van der Waals surface area contributed by atoms with Gasteiger partial charge in [-0.25, -0.2) is 4.98 Å². The first-order chi connectivity index (χ1) is 12.7. The number of ether oxygens (including phenoxy) is 1. The van der Waals surface area contributed by atoms with Gasteiger partial charge in [-0.3, -0.25) is 4.99 Å². The molecule has 2 N–H and O–H groups in total. The molecule has 150 valence electrons. The van der Waals surface area contributed by atoms with Crippen LogP contribution in [0.1, 0.15) is 31.5 Å². The Balaban J connectivity index is 0.00000261. The normalized spacial score (nSPS) is 15.9. The van der Waals surface area contributed by atoms with E-state index >= 15 is 0 Å². The zero-order valence-electron chi connectivity index (χ0n) is 16.6. The van der Waals surface area contributed by atoms with E-state index in [1.165, 1.54) is 24.8 Å². The minimum absolute atomic E-state index is 0. The SMILES string of the molecule is CN=C(NCCn1c(C)nc2ccccc21)NCC1(CCOC)CCC1.I. The Morgan fingerprint density at radius 3 is 2.74 bits per heavy atom. The van der Waals surface area contributed by atoms with Gasteiger partial charge in [0.05, 0.1) is 11.0 Å². The molecule has 1 saturated carbocycles. The van der Waals surface area contributed by atoms with Crippen LogP contribution in [0.5, 0.6) is 0 Å². The quantitative estimate of drug-likeness (QED) is 0.342. The zero-order valence-corrected chi connectivity index (χ0v) is 19.0. The number of guanidine groups is 1. The second-order valence-electron chi connectivity index (χ2n) is 7.25. The van der Waals surface area contributed by atoms with E-state index in [-0.39, 0.29) is 24.0 Å². The molecule has 27 heavy (non-hydrogen) atoms. The van der Waals surface area contributed by atoms with Gasteiger partial charge in [0.2, 0.25) is 0 Å². The van der Waals surface area contributed by atoms with Crippen molar-refractivity contribution in [2.75, 3.05) is 33.9 Å². The van der Waals surface area contributed by atoms with Crippen LogP contribution in [0.2, 0.25) is 0 Å². The van der Waals surface area contributed by atoms with Gasteiger partial charge in [-0.2, -0.15) is 0 Å². The Bertz CT molecular complexity index is 754. The van der Waals surface area contributed by atoms with Crippen LogP contribution in [-0.4, -0.2) is 49.4 Å². The lowest BCUT2D eigenvalue weighted by molar-refractivity contribution is 0.0732. The number of methoxy groups -OCH3 is 1. The molecule has 6 nitrogen and oxygen atoms in total. The van der Waals surface area contributed by atoms with Crippen LogP contribution in [0.4, 0.5) is 0 Å². The summed E-state index contributed by atoms with van der Waals surface area (Å²) in [5.74, 6) is 1.92. The Morgan fingerprint density at radius 1 is 1.30 bits per heavy atom. The van der Waals surface area contributed by atoms with Gasteiger partial charge in [0, 0.05) is 40.4 Å². The molecule has 0 bridgehead atoms. The third-order valence-corrected chi connectivity index (χ3v) is 5.58. The van der Waals surface area contributed by atoms with Crippen molar-refractivity contribution in [2.45, 2.75) is 39.2 Å². The van der Waals surface area contributed by atoms with Crippen LogP contribution in [0.3, 0.4) is 0 Å². The molecule has 0 atom stereocenters. The summed E-state index contributed by atoms with van der Waals surface area (Å²) in [5, 5.41) is 6.95. The van der Waals surface area contributed by atoms with E-state index in [4.69, 9.17) is 4.74 Å². The molecule has 1 aromatic heterocycles. The first kappa shape index (κ1) is 21.9. The molecule has 0 spiro atoms. The number of nitrogens with zero attached hydrogens (tertiary/aromatic N) is 3. The van der Waals surface area contributed by atoms with Crippen molar-refractivity contribution in [3.63, 3.8) is 0 Å². The first-order valence-corrected chi connectivity index (χ1v) is 9.53. The number of imidazole rings is 1. The topological polar surface area (TPSA) is 63.5 Å². The minimum Gasteiger partial charge on any atom is -0.385 e. The van der Waals surface area contributed by atoms with Crippen LogP contribution in [0, 0.1) is 12.3 Å². The van der Waals surface area contributed by atoms with E-state index in [0.29, 0.717) is 5.41 Å². The Morgan fingerprint density at radius 2 is 2.07 bits per heavy atom. The number of nitrogens with one attached hydrogen (secondary N) is 2. The number of aliphatic imine (C=N–C) groups is 1. The van der Waals surface area contributed by atoms with Crippen LogP contribution < -0.4 is 10.6 Å². The van der Waals surface area contributed by atoms with Gasteiger partial charge >= 0.3 is 0 Å². The number of fused-ring (bicyclic) bond motifs is 1. The Kier molecular flexibility index (Phi) is 8.34. The zero-order chi connectivity index (χ0) is 18.4. The van der Waals surface area contributed by atoms with E-state index < -0.39 is 0 Å². The first-order valence-electron chi connectivity index (χ1n) is 9.53. The highest BCUT2D eigenvalue weighted by Gasteiger charge is 2.36. The molecule has 0 amide bonds. The number of benzene rings is 1. The maximum Gasteiger partial charge on any atom is 0.191 e. The van der Waals surface area contributed by atoms with Gasteiger partial charge in [0.1, 0.15) is 5.82 Å². The van der Waals surface area contributed by atoms with E-state index in [9.17, 15) is 0 Å². The van der Waals surface area contributed by atoms with Crippen molar-refractivity contribution < 1.29 is 4.74 Å². The van der Waals surface area contributed by atoms with Gasteiger partial charge in [-0.15, -0.1) is 24.0 Å². The monoisotopic (exact) mass is 485 g/mol. The van der Waals surface area contributed by atoms with Crippen LogP contribution in [0.15, 0.2) is 29.3 Å². The van der Waals surface area contributed by atoms with E-state index in [2.05, 4.69) is 50.3 Å². The summed E-state index contributed by atoms with van der Waals surface area (Å²) in [6.45, 7) is 5.53. The van der Waals surface area contributed by atoms with Crippen molar-refractivity contribution in [2.24, 2.45) is 10.4 Å². The van der Waals surface area contributed by atoms with Crippen molar-refractivity contribution >= 4 is 41.0 Å². The second-order valence-corrected chi connectivity index (χ2v) is 7.25. The summed E-state index contributed by atoms with van der Waals surface area (Å²) in [7, 11) is 3.61. The van der Waals surface area contributed by atoms with Crippen LogP contribution >= 0.6 is 24.0 Å². The number of aromatic nitrogens is 2. The average molecular weight is 485 g/mol. The van der Waals surface area contributed by atoms with Gasteiger partial charge in [-0.1, -0.05) is 18.6 Å². The second kappa shape index (κ2) is 10.3. The summed E-state index contributed by atoms with van der Waals surface area (Å²) in [5.41, 5.74) is 2.62. The molecule has 2 aromatic rings. The largest absolute Gasteiger partial charge is 0.385 e. The molecule has 1 aromatic carbocycles. The smallest absolute Gasteiger partial charge is 0.191 e. The highest BCUT2D eigenvalue weighted by atomic mass is 127. The van der Waals surface area contributed by atoms with Crippen molar-refractivity contribution in [3.8, 4) is 0 Å². The van der Waals surface area contributed by atoms with Gasteiger partial charge in [-0.05, 0) is 43.7 Å². The molecule has 1 fully saturated rings. The van der Waals surface area contributed by atoms with Crippen LogP contribution in [0.25, 0.3) is 11.0 Å². The number of aryl methyl sites for hydroxylation is 1. The van der Waals surface area contributed by atoms with Crippen LogP contribution in [-0.2, 0) is 11.3 Å². The molecule has 1 aliphatic carbocycles. The lowest BCUT2D eigenvalue weighted by Gasteiger charge is -2.42. The number of para-hydroxylation sites is 2.